The van der Waals surface area contributed by atoms with Crippen molar-refractivity contribution in [3.05, 3.63) is 0 Å². The van der Waals surface area contributed by atoms with E-state index in [0.29, 0.717) is 0 Å². The molecule has 0 rings (SSSR count). The molecule has 0 heterocycles. The van der Waals surface area contributed by atoms with Crippen LogP contribution in [-0.2, 0) is 1.70 Å². The Morgan fingerprint density at radius 3 is 1.50 bits per heavy atom. The van der Waals surface area contributed by atoms with Crippen molar-refractivity contribution in [3.8, 4) is 0 Å². The van der Waals surface area contributed by atoms with Crippen LogP contribution in [0.2, 0.25) is 0 Å². The van der Waals surface area contributed by atoms with Gasteiger partial charge in [-0.15, -0.1) is 0 Å². The topological polar surface area (TPSA) is 37.3 Å². The van der Waals surface area contributed by atoms with Gasteiger partial charge in [-0.3, -0.25) is 0 Å². The second-order valence-electron chi connectivity index (χ2n) is 0. The third-order valence-electron chi connectivity index (χ3n) is 0. The third kappa shape index (κ3) is 12.4. The van der Waals surface area contributed by atoms with Crippen LogP contribution < -0.4 is 0 Å². The average molecular weight is 187 g/mol. The number of aliphatic hydroxyl groups excluding tert-OH is 1. The summed E-state index contributed by atoms with van der Waals surface area (Å²) in [5, 5.41) is 7.00. The fourth-order valence-corrected chi connectivity index (χ4v) is 0. The Morgan fingerprint density at radius 1 is 1.50 bits per heavy atom. The molecule has 0 aromatic rings. The molecule has 2 nitrogen and oxygen atoms in total. The number of rotatable bonds is 0. The molecule has 0 radical (unpaired) electrons. The molecule has 0 aliphatic rings. The van der Waals surface area contributed by atoms with E-state index < -0.39 is 0 Å². The number of hydrogen-bond acceptors (Lipinski definition) is 2. The molecule has 0 unspecified atom stereocenters. The molecular weight excluding hydrogens is 183 g/mol. The van der Waals surface area contributed by atoms with Crippen LogP contribution in [0.5, 0.6) is 0 Å². The van der Waals surface area contributed by atoms with Gasteiger partial charge in [0, 0.05) is 7.11 Å². The van der Waals surface area contributed by atoms with Crippen molar-refractivity contribution in [2.45, 2.75) is 0 Å². The first-order valence-electron chi connectivity index (χ1n) is 0.683. The van der Waals surface area contributed by atoms with Crippen LogP contribution in [0.3, 0.4) is 0 Å². The Morgan fingerprint density at radius 2 is 1.50 bits per heavy atom. The Kier molecular flexibility index (Phi) is 84.0. The van der Waals surface area contributed by atoms with Gasteiger partial charge in [0.1, 0.15) is 0 Å². The molecule has 0 fully saturated rings. The van der Waals surface area contributed by atoms with Crippen LogP contribution >= 0.6 is 0 Å². The summed E-state index contributed by atoms with van der Waals surface area (Å²) in [5.41, 5.74) is 0. The summed E-state index contributed by atoms with van der Waals surface area (Å²) < 4.78 is 8.42. The van der Waals surface area contributed by atoms with Gasteiger partial charge in [-0.1, -0.05) is 0 Å². The van der Waals surface area contributed by atoms with Gasteiger partial charge < -0.3 is 5.11 Å². The standard InChI is InChI=1S/CH4O.La.O/c1-2;;/h2H,1H3;;. The van der Waals surface area contributed by atoms with Crippen LogP contribution in [-0.4, -0.2) is 12.2 Å². The van der Waals surface area contributed by atoms with E-state index in [1.165, 1.54) is 0 Å². The fourth-order valence-electron chi connectivity index (χ4n) is 0. The molecule has 0 atom stereocenters. The third-order valence-corrected chi connectivity index (χ3v) is 0. The van der Waals surface area contributed by atoms with E-state index in [4.69, 9.17) is 6.80 Å². The van der Waals surface area contributed by atoms with E-state index >= 15 is 0 Å². The van der Waals surface area contributed by atoms with Crippen molar-refractivity contribution in [2.75, 3.05) is 7.11 Å². The summed E-state index contributed by atoms with van der Waals surface area (Å²) in [5.74, 6) is 0. The van der Waals surface area contributed by atoms with Crippen molar-refractivity contribution in [3.63, 3.8) is 0 Å². The molecule has 0 aromatic carbocycles. The Labute approximate surface area is 47.5 Å². The van der Waals surface area contributed by atoms with Crippen molar-refractivity contribution < 1.29 is 40.6 Å². The molecule has 0 aliphatic carbocycles. The summed E-state index contributed by atoms with van der Waals surface area (Å²) in [7, 11) is 1.00. The SMILES string of the molecule is CO.[O]=[La]. The van der Waals surface area contributed by atoms with Crippen molar-refractivity contribution in [1.29, 1.82) is 0 Å². The molecule has 1 N–H and O–H groups in total. The summed E-state index contributed by atoms with van der Waals surface area (Å²) in [6, 6.07) is 0. The van der Waals surface area contributed by atoms with Crippen LogP contribution in [0.4, 0.5) is 0 Å². The molecule has 23 valence electrons. The predicted octanol–water partition coefficient (Wildman–Crippen LogP) is -0.510. The maximum atomic E-state index is 8.42. The van der Waals surface area contributed by atoms with Gasteiger partial charge in [0.25, 0.3) is 0 Å². The van der Waals surface area contributed by atoms with E-state index in [1.807, 2.05) is 0 Å². The Bertz CT molecular complexity index is 6.00. The van der Waals surface area contributed by atoms with E-state index in [2.05, 4.69) is 0 Å². The maximum absolute atomic E-state index is 8.42. The molecular formula is CH4LaO2. The fraction of sp³-hybridized carbons (Fsp3) is 1.00. The summed E-state index contributed by atoms with van der Waals surface area (Å²) in [6.45, 7) is 0. The summed E-state index contributed by atoms with van der Waals surface area (Å²) in [4.78, 5) is 0. The minimum atomic E-state index is -0.0833. The monoisotopic (exact) mass is 187 g/mol. The second-order valence-corrected chi connectivity index (χ2v) is 0. The molecule has 0 saturated heterocycles. The molecule has 0 amide bonds. The van der Waals surface area contributed by atoms with Gasteiger partial charge in [0.2, 0.25) is 0 Å². The first kappa shape index (κ1) is 8.88. The van der Waals surface area contributed by atoms with Crippen molar-refractivity contribution in [1.82, 2.24) is 0 Å². The van der Waals surface area contributed by atoms with Crippen LogP contribution in [0.15, 0.2) is 0 Å². The number of hydrogen-bond donors (Lipinski definition) is 1. The zero-order chi connectivity index (χ0) is 4.00. The normalized spacial score (nSPS) is 3.00. The van der Waals surface area contributed by atoms with Crippen LogP contribution in [0, 0.1) is 33.8 Å². The Balaban J connectivity index is 0. The second kappa shape index (κ2) is 37.9. The van der Waals surface area contributed by atoms with Gasteiger partial charge in [-0.05, 0) is 0 Å². The summed E-state index contributed by atoms with van der Waals surface area (Å²) >= 11 is -0.0833. The molecule has 0 aliphatic heterocycles. The van der Waals surface area contributed by atoms with Gasteiger partial charge in [0.05, 0.1) is 0 Å². The van der Waals surface area contributed by atoms with E-state index in [-0.39, 0.29) is 33.8 Å². The molecule has 0 spiro atoms. The zero-order valence-corrected chi connectivity index (χ0v) is 6.06. The van der Waals surface area contributed by atoms with Gasteiger partial charge in [-0.25, -0.2) is 0 Å². The predicted molar refractivity (Wildman–Crippen MR) is 8.83 cm³/mol. The molecule has 0 saturated carbocycles. The Hall–Kier alpha value is 0.955. The van der Waals surface area contributed by atoms with Crippen molar-refractivity contribution in [2.24, 2.45) is 0 Å². The molecule has 0 bridgehead atoms. The zero-order valence-electron chi connectivity index (χ0n) is 2.43. The van der Waals surface area contributed by atoms with Crippen LogP contribution in [0.25, 0.3) is 0 Å². The first-order valence-corrected chi connectivity index (χ1v) is 2.16. The van der Waals surface area contributed by atoms with Crippen molar-refractivity contribution >= 4 is 0 Å². The minimum absolute atomic E-state index is 0.0833. The average Bonchev–Trinajstić information content (AvgIpc) is 1.50. The number of aliphatic hydroxyl groups is 1. The van der Waals surface area contributed by atoms with E-state index in [9.17, 15) is 0 Å². The first-order chi connectivity index (χ1) is 2.00. The van der Waals surface area contributed by atoms with Crippen LogP contribution in [0.1, 0.15) is 0 Å². The molecule has 3 heteroatoms. The summed E-state index contributed by atoms with van der Waals surface area (Å²) in [6.07, 6.45) is 0. The van der Waals surface area contributed by atoms with Gasteiger partial charge >= 0.3 is 35.5 Å². The van der Waals surface area contributed by atoms with E-state index in [1.54, 1.807) is 0 Å². The van der Waals surface area contributed by atoms with Gasteiger partial charge in [0.15, 0.2) is 0 Å². The molecule has 4 heavy (non-hydrogen) atoms. The van der Waals surface area contributed by atoms with Gasteiger partial charge in [-0.2, -0.15) is 0 Å². The van der Waals surface area contributed by atoms with E-state index in [0.717, 1.165) is 7.11 Å². The molecule has 0 aromatic heterocycles. The quantitative estimate of drug-likeness (QED) is 0.554.